The molecule has 2 aromatic rings. The highest BCUT2D eigenvalue weighted by atomic mass is 35.5. The van der Waals surface area contributed by atoms with Gasteiger partial charge >= 0.3 is 0 Å². The molecule has 0 aliphatic heterocycles. The molecule has 2 aromatic carbocycles. The van der Waals surface area contributed by atoms with Crippen LogP contribution in [0, 0.1) is 5.82 Å². The van der Waals surface area contributed by atoms with E-state index >= 15 is 0 Å². The SMILES string of the molecule is COc1cccc(F)c1OCC(O)c1cccc(Cl)c1. The van der Waals surface area contributed by atoms with E-state index in [1.807, 2.05) is 0 Å². The van der Waals surface area contributed by atoms with Gasteiger partial charge < -0.3 is 14.6 Å². The summed E-state index contributed by atoms with van der Waals surface area (Å²) in [7, 11) is 1.43. The van der Waals surface area contributed by atoms with Crippen molar-refractivity contribution in [3.05, 3.63) is 58.9 Å². The van der Waals surface area contributed by atoms with Crippen LogP contribution in [0.15, 0.2) is 42.5 Å². The molecule has 1 unspecified atom stereocenters. The van der Waals surface area contributed by atoms with Gasteiger partial charge in [0.2, 0.25) is 0 Å². The van der Waals surface area contributed by atoms with Gasteiger partial charge in [-0.2, -0.15) is 0 Å². The van der Waals surface area contributed by atoms with Gasteiger partial charge in [-0.25, -0.2) is 4.39 Å². The third-order valence-corrected chi connectivity index (χ3v) is 3.00. The average Bonchev–Trinajstić information content (AvgIpc) is 2.45. The van der Waals surface area contributed by atoms with Crippen molar-refractivity contribution < 1.29 is 19.0 Å². The van der Waals surface area contributed by atoms with Crippen LogP contribution in [0.1, 0.15) is 11.7 Å². The molecule has 3 nitrogen and oxygen atoms in total. The van der Waals surface area contributed by atoms with Crippen LogP contribution in [0.4, 0.5) is 4.39 Å². The highest BCUT2D eigenvalue weighted by Gasteiger charge is 2.14. The molecule has 0 amide bonds. The Morgan fingerprint density at radius 3 is 2.70 bits per heavy atom. The molecule has 0 saturated heterocycles. The number of methoxy groups -OCH3 is 1. The van der Waals surface area contributed by atoms with Crippen molar-refractivity contribution in [1.29, 1.82) is 0 Å². The summed E-state index contributed by atoms with van der Waals surface area (Å²) in [5.41, 5.74) is 0.604. The number of ether oxygens (including phenoxy) is 2. The van der Waals surface area contributed by atoms with Gasteiger partial charge in [-0.1, -0.05) is 29.8 Å². The summed E-state index contributed by atoms with van der Waals surface area (Å²) >= 11 is 5.85. The van der Waals surface area contributed by atoms with Crippen LogP contribution in [0.3, 0.4) is 0 Å². The molecule has 0 saturated carbocycles. The average molecular weight is 297 g/mol. The Morgan fingerprint density at radius 1 is 1.25 bits per heavy atom. The Balaban J connectivity index is 2.09. The zero-order chi connectivity index (χ0) is 14.5. The fourth-order valence-corrected chi connectivity index (χ4v) is 1.96. The van der Waals surface area contributed by atoms with Crippen molar-refractivity contribution in [2.24, 2.45) is 0 Å². The topological polar surface area (TPSA) is 38.7 Å². The summed E-state index contributed by atoms with van der Waals surface area (Å²) in [6.07, 6.45) is -0.905. The lowest BCUT2D eigenvalue weighted by atomic mass is 10.1. The highest BCUT2D eigenvalue weighted by Crippen LogP contribution is 2.30. The first-order valence-corrected chi connectivity index (χ1v) is 6.38. The Hall–Kier alpha value is -1.78. The summed E-state index contributed by atoms with van der Waals surface area (Å²) in [5, 5.41) is 10.5. The maximum Gasteiger partial charge on any atom is 0.197 e. The lowest BCUT2D eigenvalue weighted by Crippen LogP contribution is -2.11. The van der Waals surface area contributed by atoms with Gasteiger partial charge in [0.15, 0.2) is 17.3 Å². The van der Waals surface area contributed by atoms with Gasteiger partial charge in [-0.3, -0.25) is 0 Å². The molecular weight excluding hydrogens is 283 g/mol. The smallest absolute Gasteiger partial charge is 0.197 e. The summed E-state index contributed by atoms with van der Waals surface area (Å²) in [5.74, 6) is -0.276. The zero-order valence-electron chi connectivity index (χ0n) is 10.8. The van der Waals surface area contributed by atoms with Gasteiger partial charge in [0, 0.05) is 5.02 Å². The Morgan fingerprint density at radius 2 is 2.00 bits per heavy atom. The molecule has 0 radical (unpaired) electrons. The number of aliphatic hydroxyl groups is 1. The predicted molar refractivity (Wildman–Crippen MR) is 74.9 cm³/mol. The molecule has 1 atom stereocenters. The lowest BCUT2D eigenvalue weighted by Gasteiger charge is -2.15. The van der Waals surface area contributed by atoms with E-state index in [-0.39, 0.29) is 18.1 Å². The molecule has 0 bridgehead atoms. The number of hydrogen-bond donors (Lipinski definition) is 1. The molecule has 2 rings (SSSR count). The summed E-state index contributed by atoms with van der Waals surface area (Å²) < 4.78 is 24.0. The minimum absolute atomic E-state index is 0.0175. The minimum atomic E-state index is -0.905. The van der Waals surface area contributed by atoms with Crippen LogP contribution in [-0.2, 0) is 0 Å². The molecule has 0 aromatic heterocycles. The molecule has 0 heterocycles. The van der Waals surface area contributed by atoms with Crippen molar-refractivity contribution in [1.82, 2.24) is 0 Å². The van der Waals surface area contributed by atoms with Gasteiger partial charge in [-0.05, 0) is 29.8 Å². The molecule has 0 aliphatic rings. The van der Waals surface area contributed by atoms with E-state index in [0.717, 1.165) is 0 Å². The van der Waals surface area contributed by atoms with Crippen LogP contribution < -0.4 is 9.47 Å². The fraction of sp³-hybridized carbons (Fsp3) is 0.200. The number of rotatable bonds is 5. The Kier molecular flexibility index (Phi) is 4.82. The third kappa shape index (κ3) is 3.40. The molecule has 20 heavy (non-hydrogen) atoms. The van der Waals surface area contributed by atoms with Gasteiger partial charge in [0.05, 0.1) is 7.11 Å². The summed E-state index contributed by atoms with van der Waals surface area (Å²) in [6, 6.07) is 11.2. The quantitative estimate of drug-likeness (QED) is 0.916. The van der Waals surface area contributed by atoms with E-state index in [0.29, 0.717) is 10.6 Å². The molecule has 0 aliphatic carbocycles. The second-order valence-electron chi connectivity index (χ2n) is 4.15. The molecule has 0 spiro atoms. The van der Waals surface area contributed by atoms with E-state index in [4.69, 9.17) is 21.1 Å². The molecule has 5 heteroatoms. The van der Waals surface area contributed by atoms with Gasteiger partial charge in [-0.15, -0.1) is 0 Å². The monoisotopic (exact) mass is 296 g/mol. The zero-order valence-corrected chi connectivity index (χ0v) is 11.6. The van der Waals surface area contributed by atoms with Crippen molar-refractivity contribution in [3.63, 3.8) is 0 Å². The van der Waals surface area contributed by atoms with Crippen molar-refractivity contribution in [3.8, 4) is 11.5 Å². The van der Waals surface area contributed by atoms with Gasteiger partial charge in [0.1, 0.15) is 12.7 Å². The largest absolute Gasteiger partial charge is 0.493 e. The van der Waals surface area contributed by atoms with E-state index in [2.05, 4.69) is 0 Å². The molecular formula is C15H14ClFO3. The van der Waals surface area contributed by atoms with Crippen LogP contribution >= 0.6 is 11.6 Å². The number of aliphatic hydroxyl groups excluding tert-OH is 1. The predicted octanol–water partition coefficient (Wildman–Crippen LogP) is 3.60. The van der Waals surface area contributed by atoms with Gasteiger partial charge in [0.25, 0.3) is 0 Å². The first kappa shape index (κ1) is 14.6. The maximum absolute atomic E-state index is 13.6. The van der Waals surface area contributed by atoms with E-state index in [9.17, 15) is 9.50 Å². The Bertz CT molecular complexity index is 589. The first-order chi connectivity index (χ1) is 9.61. The molecule has 106 valence electrons. The first-order valence-electron chi connectivity index (χ1n) is 6.00. The van der Waals surface area contributed by atoms with Crippen molar-refractivity contribution >= 4 is 11.6 Å². The number of halogens is 2. The maximum atomic E-state index is 13.6. The fourth-order valence-electron chi connectivity index (χ4n) is 1.76. The standard InChI is InChI=1S/C15H14ClFO3/c1-19-14-7-3-6-12(17)15(14)20-9-13(18)10-4-2-5-11(16)8-10/h2-8,13,18H,9H2,1H3. The van der Waals surface area contributed by atoms with Crippen LogP contribution in [0.5, 0.6) is 11.5 Å². The van der Waals surface area contributed by atoms with Crippen LogP contribution in [0.2, 0.25) is 5.02 Å². The normalized spacial score (nSPS) is 12.0. The Labute approximate surface area is 121 Å². The van der Waals surface area contributed by atoms with E-state index in [1.165, 1.54) is 19.2 Å². The number of benzene rings is 2. The summed E-state index contributed by atoms with van der Waals surface area (Å²) in [6.45, 7) is -0.0996. The van der Waals surface area contributed by atoms with Crippen molar-refractivity contribution in [2.45, 2.75) is 6.10 Å². The molecule has 1 N–H and O–H groups in total. The second-order valence-corrected chi connectivity index (χ2v) is 4.59. The highest BCUT2D eigenvalue weighted by molar-refractivity contribution is 6.30. The number of para-hydroxylation sites is 1. The van der Waals surface area contributed by atoms with Crippen molar-refractivity contribution in [2.75, 3.05) is 13.7 Å². The minimum Gasteiger partial charge on any atom is -0.493 e. The van der Waals surface area contributed by atoms with Crippen LogP contribution in [-0.4, -0.2) is 18.8 Å². The van der Waals surface area contributed by atoms with Crippen LogP contribution in [0.25, 0.3) is 0 Å². The van der Waals surface area contributed by atoms with E-state index in [1.54, 1.807) is 30.3 Å². The third-order valence-electron chi connectivity index (χ3n) is 2.77. The molecule has 0 fully saturated rings. The second kappa shape index (κ2) is 6.59. The lowest BCUT2D eigenvalue weighted by molar-refractivity contribution is 0.104. The number of hydrogen-bond acceptors (Lipinski definition) is 3. The summed E-state index contributed by atoms with van der Waals surface area (Å²) in [4.78, 5) is 0. The van der Waals surface area contributed by atoms with E-state index < -0.39 is 11.9 Å².